The Morgan fingerprint density at radius 1 is 0.605 bits per heavy atom. The maximum absolute atomic E-state index is 15.6. The van der Waals surface area contributed by atoms with Crippen LogP contribution < -0.4 is 41.3 Å². The molecule has 0 bridgehead atoms. The van der Waals surface area contributed by atoms with Crippen LogP contribution in [0.3, 0.4) is 0 Å². The first-order chi connectivity index (χ1) is 37.1. The highest BCUT2D eigenvalue weighted by atomic mass is 35.5. The Morgan fingerprint density at radius 3 is 1.74 bits per heavy atom. The molecule has 0 unspecified atom stereocenters. The molecule has 1 spiro atoms. The number of methoxy groups -OCH3 is 1. The molecule has 18 heteroatoms. The predicted molar refractivity (Wildman–Crippen MR) is 299 cm³/mol. The summed E-state index contributed by atoms with van der Waals surface area (Å²) in [5.74, 6) is -0.449. The molecular formula is C58H72ClN5O11Si. The molecule has 0 radical (unpaired) electrons. The molecule has 9 rings (SSSR count). The Bertz CT molecular complexity index is 2840. The molecule has 4 aliphatic rings. The highest BCUT2D eigenvalue weighted by Crippen LogP contribution is 2.53. The smallest absolute Gasteiger partial charge is 0.349 e. The molecule has 406 valence electrons. The van der Waals surface area contributed by atoms with Crippen LogP contribution in [0, 0.1) is 0 Å². The van der Waals surface area contributed by atoms with Gasteiger partial charge in [0.15, 0.2) is 0 Å². The Hall–Kier alpha value is -5.63. The van der Waals surface area contributed by atoms with Crippen LogP contribution in [0.2, 0.25) is 13.1 Å². The van der Waals surface area contributed by atoms with Crippen molar-refractivity contribution in [2.24, 2.45) is 0 Å². The maximum atomic E-state index is 15.6. The number of amides is 3. The number of benzene rings is 4. The van der Waals surface area contributed by atoms with Crippen LogP contribution in [0.25, 0.3) is 11.0 Å². The third kappa shape index (κ3) is 11.8. The average Bonchev–Trinajstić information content (AvgIpc) is 3.65. The van der Waals surface area contributed by atoms with E-state index >= 15 is 4.79 Å². The van der Waals surface area contributed by atoms with Gasteiger partial charge in [0.05, 0.1) is 66.1 Å². The number of hydrogen-bond donors (Lipinski definition) is 2. The van der Waals surface area contributed by atoms with Crippen molar-refractivity contribution < 1.29 is 47.2 Å². The van der Waals surface area contributed by atoms with Crippen LogP contribution in [0.4, 0.5) is 17.1 Å². The van der Waals surface area contributed by atoms with Crippen molar-refractivity contribution in [2.45, 2.75) is 57.2 Å². The SMILES string of the molecule is COCCOCCOCCOCCNC(=O)c1cc2ccc(N3C(=O)c4ccc(C(=O)NCCOCCOCCCCCCCl)cc4C34c3ccc(N5CCC5)cc3[Si](C)(C)c3cc(N5CCC5)ccc34)cc2oc1=O. The normalized spacial score (nSPS) is 15.8. The van der Waals surface area contributed by atoms with E-state index < -0.39 is 25.1 Å². The Balaban J connectivity index is 1.01. The minimum absolute atomic E-state index is 0.150. The van der Waals surface area contributed by atoms with Crippen LogP contribution in [0.15, 0.2) is 88.1 Å². The van der Waals surface area contributed by atoms with E-state index in [0.29, 0.717) is 99.7 Å². The lowest BCUT2D eigenvalue weighted by Gasteiger charge is -2.50. The standard InChI is InChI=1S/C58H72ClN5O11Si/c1-69-28-29-73-34-35-74-33-32-72-27-20-61-55(66)47-36-41-10-12-45(38-51(41)75-57(47)68)64-56(67)46-15-11-42(54(65)60-19-26-71-31-30-70-25-7-5-4-6-18-59)37-50(46)58(64)48-16-13-43(62-21-8-22-62)39-52(48)76(2,3)53-40-44(14-17-49(53)58)63-23-9-24-63/h10-17,36-40H,4-9,18-35H2,1-3H3,(H,60,65)(H,61,66). The molecule has 4 aliphatic heterocycles. The van der Waals surface area contributed by atoms with Crippen LogP contribution in [-0.2, 0) is 34.0 Å². The fourth-order valence-corrected chi connectivity index (χ4v) is 14.1. The highest BCUT2D eigenvalue weighted by Gasteiger charge is 2.59. The van der Waals surface area contributed by atoms with E-state index in [1.807, 2.05) is 17.0 Å². The second kappa shape index (κ2) is 25.7. The van der Waals surface area contributed by atoms with Gasteiger partial charge in [-0.2, -0.15) is 0 Å². The number of anilines is 3. The number of alkyl halides is 1. The van der Waals surface area contributed by atoms with Crippen LogP contribution in [0.5, 0.6) is 0 Å². The lowest BCUT2D eigenvalue weighted by atomic mass is 9.75. The Labute approximate surface area is 451 Å². The molecule has 3 amide bonds. The van der Waals surface area contributed by atoms with Crippen molar-refractivity contribution >= 4 is 75.8 Å². The van der Waals surface area contributed by atoms with Gasteiger partial charge in [-0.15, -0.1) is 11.6 Å². The summed E-state index contributed by atoms with van der Waals surface area (Å²) in [5, 5.41) is 8.73. The molecule has 0 aliphatic carbocycles. The fraction of sp³-hybridized carbons (Fsp3) is 0.483. The number of nitrogens with one attached hydrogen (secondary N) is 2. The average molecular weight is 1080 g/mol. The van der Waals surface area contributed by atoms with Crippen molar-refractivity contribution in [3.63, 3.8) is 0 Å². The first kappa shape index (κ1) is 55.1. The lowest BCUT2D eigenvalue weighted by Crippen LogP contribution is -2.66. The number of nitrogens with zero attached hydrogens (tertiary/aromatic N) is 3. The number of fused-ring (bicyclic) bond motifs is 7. The second-order valence-electron chi connectivity index (χ2n) is 20.2. The zero-order chi connectivity index (χ0) is 53.1. The van der Waals surface area contributed by atoms with Crippen LogP contribution in [0.1, 0.15) is 86.3 Å². The largest absolute Gasteiger partial charge is 0.422 e. The van der Waals surface area contributed by atoms with Crippen molar-refractivity contribution in [1.29, 1.82) is 0 Å². The number of carbonyl (C=O) groups excluding carboxylic acids is 3. The highest BCUT2D eigenvalue weighted by molar-refractivity contribution is 7.01. The number of ether oxygens (including phenoxy) is 6. The van der Waals surface area contributed by atoms with E-state index in [9.17, 15) is 14.4 Å². The zero-order valence-corrected chi connectivity index (χ0v) is 45.9. The van der Waals surface area contributed by atoms with E-state index in [0.717, 1.165) is 87.2 Å². The van der Waals surface area contributed by atoms with Gasteiger partial charge in [0.25, 0.3) is 17.7 Å². The number of rotatable bonds is 29. The minimum Gasteiger partial charge on any atom is -0.422 e. The first-order valence-corrected chi connectivity index (χ1v) is 30.5. The van der Waals surface area contributed by atoms with Gasteiger partial charge in [-0.05, 0) is 108 Å². The first-order valence-electron chi connectivity index (χ1n) is 26.9. The molecule has 0 saturated carbocycles. The molecule has 5 heterocycles. The molecule has 2 fully saturated rings. The van der Waals surface area contributed by atoms with Gasteiger partial charge in [0.2, 0.25) is 0 Å². The van der Waals surface area contributed by atoms with Crippen molar-refractivity contribution in [3.05, 3.63) is 123 Å². The van der Waals surface area contributed by atoms with E-state index in [1.165, 1.54) is 16.4 Å². The quantitative estimate of drug-likeness (QED) is 0.0237. The van der Waals surface area contributed by atoms with Gasteiger partial charge in [-0.1, -0.05) is 38.1 Å². The minimum atomic E-state index is -2.52. The molecule has 0 atom stereocenters. The van der Waals surface area contributed by atoms with Gasteiger partial charge >= 0.3 is 5.63 Å². The van der Waals surface area contributed by atoms with Gasteiger partial charge in [0, 0.05) is 104 Å². The van der Waals surface area contributed by atoms with E-state index in [2.05, 4.69) is 69.9 Å². The molecule has 2 saturated heterocycles. The number of halogens is 1. The van der Waals surface area contributed by atoms with Gasteiger partial charge < -0.3 is 53.3 Å². The summed E-state index contributed by atoms with van der Waals surface area (Å²) in [6.45, 7) is 13.9. The molecule has 5 aromatic rings. The third-order valence-electron chi connectivity index (χ3n) is 15.0. The van der Waals surface area contributed by atoms with Crippen molar-refractivity contribution in [1.82, 2.24) is 10.6 Å². The summed E-state index contributed by atoms with van der Waals surface area (Å²) in [7, 11) is -0.902. The van der Waals surface area contributed by atoms with E-state index in [4.69, 9.17) is 44.4 Å². The Morgan fingerprint density at radius 2 is 1.16 bits per heavy atom. The summed E-state index contributed by atoms with van der Waals surface area (Å²) in [5.41, 5.74) is 4.31. The summed E-state index contributed by atoms with van der Waals surface area (Å²) in [4.78, 5) is 63.5. The monoisotopic (exact) mass is 1080 g/mol. The van der Waals surface area contributed by atoms with E-state index in [-0.39, 0.29) is 42.7 Å². The summed E-state index contributed by atoms with van der Waals surface area (Å²) in [6.07, 6.45) is 6.45. The third-order valence-corrected chi connectivity index (χ3v) is 18.8. The van der Waals surface area contributed by atoms with Gasteiger partial charge in [-0.25, -0.2) is 4.79 Å². The molecule has 16 nitrogen and oxygen atoms in total. The molecule has 1 aromatic heterocycles. The van der Waals surface area contributed by atoms with Crippen LogP contribution >= 0.6 is 11.6 Å². The Kier molecular flexibility index (Phi) is 18.6. The topological polar surface area (TPSA) is 171 Å². The molecule has 4 aromatic carbocycles. The summed E-state index contributed by atoms with van der Waals surface area (Å²) in [6, 6.07) is 25.7. The summed E-state index contributed by atoms with van der Waals surface area (Å²) >= 11 is 5.78. The number of hydrogen-bond acceptors (Lipinski definition) is 13. The van der Waals surface area contributed by atoms with Crippen molar-refractivity contribution in [2.75, 3.05) is 140 Å². The van der Waals surface area contributed by atoms with Gasteiger partial charge in [0.1, 0.15) is 24.8 Å². The number of unbranched alkanes of at least 4 members (excludes halogenated alkanes) is 3. The predicted octanol–water partition coefficient (Wildman–Crippen LogP) is 6.29. The number of carbonyl (C=O) groups is 3. The molecule has 76 heavy (non-hydrogen) atoms. The van der Waals surface area contributed by atoms with Crippen LogP contribution in [-0.4, -0.2) is 151 Å². The van der Waals surface area contributed by atoms with E-state index in [1.54, 1.807) is 31.4 Å². The molecule has 2 N–H and O–H groups in total. The lowest BCUT2D eigenvalue weighted by molar-refractivity contribution is 0.00414. The summed E-state index contributed by atoms with van der Waals surface area (Å²) < 4.78 is 39.0. The molecular weight excluding hydrogens is 1010 g/mol. The fourth-order valence-electron chi connectivity index (χ4n) is 10.7. The maximum Gasteiger partial charge on any atom is 0.349 e. The second-order valence-corrected chi connectivity index (χ2v) is 24.9. The zero-order valence-electron chi connectivity index (χ0n) is 44.2. The van der Waals surface area contributed by atoms with Crippen molar-refractivity contribution in [3.8, 4) is 0 Å². The van der Waals surface area contributed by atoms with Gasteiger partial charge in [-0.3, -0.25) is 19.3 Å².